The summed E-state index contributed by atoms with van der Waals surface area (Å²) in [6, 6.07) is 5.61. The highest BCUT2D eigenvalue weighted by Crippen LogP contribution is 2.40. The molecule has 0 fully saturated rings. The standard InChI is InChI=1S/C11H8BrF6NO/c12-5-6-3-1-2-4-7(6)19-9(20)8(10(13,14)15)11(16,17)18/h1-4,8H,5H2,(H,19,20). The Balaban J connectivity index is 3.04. The number of halogens is 7. The summed E-state index contributed by atoms with van der Waals surface area (Å²) >= 11 is 3.02. The average Bonchev–Trinajstić information content (AvgIpc) is 2.25. The number of carbonyl (C=O) groups is 1. The molecule has 1 N–H and O–H groups in total. The van der Waals surface area contributed by atoms with Crippen LogP contribution in [0.4, 0.5) is 32.0 Å². The lowest BCUT2D eigenvalue weighted by atomic mass is 10.1. The molecular weight excluding hydrogens is 356 g/mol. The van der Waals surface area contributed by atoms with Crippen molar-refractivity contribution in [2.45, 2.75) is 17.7 Å². The molecule has 0 heterocycles. The summed E-state index contributed by atoms with van der Waals surface area (Å²) in [5.41, 5.74) is 0.261. The lowest BCUT2D eigenvalue weighted by Crippen LogP contribution is -2.45. The second kappa shape index (κ2) is 6.02. The Bertz CT molecular complexity index is 471. The van der Waals surface area contributed by atoms with E-state index in [0.717, 1.165) is 0 Å². The third-order valence-electron chi connectivity index (χ3n) is 2.34. The quantitative estimate of drug-likeness (QED) is 0.630. The molecule has 0 aliphatic heterocycles. The van der Waals surface area contributed by atoms with Gasteiger partial charge in [-0.1, -0.05) is 34.1 Å². The molecule has 0 aliphatic rings. The minimum Gasteiger partial charge on any atom is -0.325 e. The molecule has 0 aromatic heterocycles. The molecule has 0 bridgehead atoms. The number of para-hydroxylation sites is 1. The van der Waals surface area contributed by atoms with Crippen LogP contribution in [-0.2, 0) is 10.1 Å². The van der Waals surface area contributed by atoms with E-state index in [4.69, 9.17) is 0 Å². The second-order valence-electron chi connectivity index (χ2n) is 3.80. The number of hydrogen-bond donors (Lipinski definition) is 1. The van der Waals surface area contributed by atoms with Gasteiger partial charge in [-0.2, -0.15) is 26.3 Å². The summed E-state index contributed by atoms with van der Waals surface area (Å²) in [5.74, 6) is -6.21. The molecule has 0 unspecified atom stereocenters. The maximum absolute atomic E-state index is 12.4. The summed E-state index contributed by atoms with van der Waals surface area (Å²) in [6.45, 7) is 0. The zero-order valence-corrected chi connectivity index (χ0v) is 11.2. The fraction of sp³-hybridized carbons (Fsp3) is 0.364. The summed E-state index contributed by atoms with van der Waals surface area (Å²) < 4.78 is 74.2. The van der Waals surface area contributed by atoms with Crippen LogP contribution in [0, 0.1) is 5.92 Å². The van der Waals surface area contributed by atoms with Crippen molar-refractivity contribution in [1.82, 2.24) is 0 Å². The number of carbonyl (C=O) groups excluding carboxylic acids is 1. The fourth-order valence-corrected chi connectivity index (χ4v) is 1.94. The van der Waals surface area contributed by atoms with E-state index in [2.05, 4.69) is 15.9 Å². The van der Waals surface area contributed by atoms with E-state index in [1.165, 1.54) is 24.3 Å². The topological polar surface area (TPSA) is 29.1 Å². The van der Waals surface area contributed by atoms with Crippen molar-refractivity contribution < 1.29 is 31.1 Å². The number of nitrogens with one attached hydrogen (secondary N) is 1. The summed E-state index contributed by atoms with van der Waals surface area (Å²) in [7, 11) is 0. The molecule has 1 amide bonds. The van der Waals surface area contributed by atoms with Crippen molar-refractivity contribution in [2.75, 3.05) is 5.32 Å². The van der Waals surface area contributed by atoms with Crippen molar-refractivity contribution in [1.29, 1.82) is 0 Å². The molecule has 112 valence electrons. The van der Waals surface area contributed by atoms with Gasteiger partial charge in [0.25, 0.3) is 0 Å². The second-order valence-corrected chi connectivity index (χ2v) is 4.36. The van der Waals surface area contributed by atoms with Gasteiger partial charge in [0.1, 0.15) is 0 Å². The van der Waals surface area contributed by atoms with Crippen LogP contribution >= 0.6 is 15.9 Å². The Morgan fingerprint density at radius 1 is 1.10 bits per heavy atom. The first-order valence-corrected chi connectivity index (χ1v) is 6.27. The van der Waals surface area contributed by atoms with Crippen LogP contribution < -0.4 is 5.32 Å². The number of anilines is 1. The van der Waals surface area contributed by atoms with Crippen molar-refractivity contribution >= 4 is 27.5 Å². The fourth-order valence-electron chi connectivity index (χ4n) is 1.45. The van der Waals surface area contributed by atoms with Crippen LogP contribution in [0.1, 0.15) is 5.56 Å². The van der Waals surface area contributed by atoms with Crippen LogP contribution in [0.15, 0.2) is 24.3 Å². The van der Waals surface area contributed by atoms with Gasteiger partial charge in [-0.15, -0.1) is 0 Å². The van der Waals surface area contributed by atoms with Gasteiger partial charge in [0, 0.05) is 11.0 Å². The first kappa shape index (κ1) is 16.8. The molecule has 9 heteroatoms. The Morgan fingerprint density at radius 3 is 2.05 bits per heavy atom. The molecule has 0 spiro atoms. The summed E-state index contributed by atoms with van der Waals surface area (Å²) in [6.07, 6.45) is -11.4. The SMILES string of the molecule is O=C(Nc1ccccc1CBr)C(C(F)(F)F)C(F)(F)F. The molecule has 2 nitrogen and oxygen atoms in total. The lowest BCUT2D eigenvalue weighted by Gasteiger charge is -2.22. The van der Waals surface area contributed by atoms with Crippen molar-refractivity contribution in [3.05, 3.63) is 29.8 Å². The van der Waals surface area contributed by atoms with Crippen LogP contribution in [0.3, 0.4) is 0 Å². The summed E-state index contributed by atoms with van der Waals surface area (Å²) in [4.78, 5) is 11.3. The first-order valence-electron chi connectivity index (χ1n) is 5.15. The molecule has 1 aromatic rings. The van der Waals surface area contributed by atoms with Crippen molar-refractivity contribution in [2.24, 2.45) is 5.92 Å². The number of hydrogen-bond acceptors (Lipinski definition) is 1. The Kier molecular flexibility index (Phi) is 5.06. The molecule has 1 aromatic carbocycles. The third kappa shape index (κ3) is 4.12. The molecule has 1 rings (SSSR count). The van der Waals surface area contributed by atoms with Gasteiger partial charge in [0.2, 0.25) is 11.8 Å². The number of rotatable bonds is 3. The third-order valence-corrected chi connectivity index (χ3v) is 2.94. The smallest absolute Gasteiger partial charge is 0.325 e. The molecule has 0 saturated carbocycles. The van der Waals surface area contributed by atoms with Gasteiger partial charge in [0.05, 0.1) is 0 Å². The maximum Gasteiger partial charge on any atom is 0.409 e. The predicted octanol–water partition coefficient (Wildman–Crippen LogP) is 4.26. The van der Waals surface area contributed by atoms with Crippen molar-refractivity contribution in [3.8, 4) is 0 Å². The Morgan fingerprint density at radius 2 is 1.60 bits per heavy atom. The molecular formula is C11H8BrF6NO. The van der Waals surface area contributed by atoms with E-state index in [1.54, 1.807) is 5.32 Å². The maximum atomic E-state index is 12.4. The van der Waals surface area contributed by atoms with E-state index >= 15 is 0 Å². The minimum absolute atomic E-state index is 0.104. The predicted molar refractivity (Wildman–Crippen MR) is 63.3 cm³/mol. The van der Waals surface area contributed by atoms with E-state index in [1.807, 2.05) is 0 Å². The molecule has 20 heavy (non-hydrogen) atoms. The van der Waals surface area contributed by atoms with Gasteiger partial charge < -0.3 is 5.32 Å². The Hall–Kier alpha value is -1.25. The van der Waals surface area contributed by atoms with Gasteiger partial charge in [-0.25, -0.2) is 0 Å². The highest BCUT2D eigenvalue weighted by atomic mass is 79.9. The zero-order chi connectivity index (χ0) is 15.6. The van der Waals surface area contributed by atoms with Gasteiger partial charge in [-0.3, -0.25) is 4.79 Å². The average molecular weight is 364 g/mol. The Labute approximate surface area is 118 Å². The van der Waals surface area contributed by atoms with E-state index in [-0.39, 0.29) is 11.0 Å². The highest BCUT2D eigenvalue weighted by Gasteiger charge is 2.61. The van der Waals surface area contributed by atoms with Gasteiger partial charge in [-0.05, 0) is 11.6 Å². The zero-order valence-electron chi connectivity index (χ0n) is 9.65. The molecule has 0 radical (unpaired) electrons. The van der Waals surface area contributed by atoms with Crippen LogP contribution in [0.2, 0.25) is 0 Å². The van der Waals surface area contributed by atoms with E-state index in [9.17, 15) is 31.1 Å². The van der Waals surface area contributed by atoms with Crippen LogP contribution in [-0.4, -0.2) is 18.3 Å². The number of alkyl halides is 7. The number of amides is 1. The van der Waals surface area contributed by atoms with E-state index in [0.29, 0.717) is 5.56 Å². The van der Waals surface area contributed by atoms with E-state index < -0.39 is 24.2 Å². The lowest BCUT2D eigenvalue weighted by molar-refractivity contribution is -0.272. The van der Waals surface area contributed by atoms with Gasteiger partial charge in [0.15, 0.2) is 0 Å². The summed E-state index contributed by atoms with van der Waals surface area (Å²) in [5, 5.41) is 1.84. The first-order chi connectivity index (χ1) is 9.07. The van der Waals surface area contributed by atoms with Gasteiger partial charge >= 0.3 is 12.4 Å². The van der Waals surface area contributed by atoms with Crippen LogP contribution in [0.25, 0.3) is 0 Å². The van der Waals surface area contributed by atoms with Crippen molar-refractivity contribution in [3.63, 3.8) is 0 Å². The molecule has 0 saturated heterocycles. The molecule has 0 aliphatic carbocycles. The minimum atomic E-state index is -5.70. The number of benzene rings is 1. The normalized spacial score (nSPS) is 12.6. The van der Waals surface area contributed by atoms with Crippen LogP contribution in [0.5, 0.6) is 0 Å². The molecule has 0 atom stereocenters. The monoisotopic (exact) mass is 363 g/mol. The highest BCUT2D eigenvalue weighted by molar-refractivity contribution is 9.08. The largest absolute Gasteiger partial charge is 0.409 e.